The fraction of sp³-hybridized carbons (Fsp3) is 0.391. The third-order valence-corrected chi connectivity index (χ3v) is 5.12. The zero-order valence-electron chi connectivity index (χ0n) is 16.7. The van der Waals surface area contributed by atoms with E-state index in [1.165, 1.54) is 5.56 Å². The number of imidazole rings is 1. The van der Waals surface area contributed by atoms with Gasteiger partial charge < -0.3 is 5.32 Å². The normalized spacial score (nSPS) is 12.3. The lowest BCUT2D eigenvalue weighted by molar-refractivity contribution is -0.120. The minimum Gasteiger partial charge on any atom is -0.310 e. The number of unbranched alkanes of at least 4 members (excludes halogenated alkanes) is 1. The Morgan fingerprint density at radius 1 is 1.11 bits per heavy atom. The van der Waals surface area contributed by atoms with E-state index in [0.717, 1.165) is 54.0 Å². The number of fused-ring (bicyclic) bond motifs is 1. The van der Waals surface area contributed by atoms with Crippen molar-refractivity contribution in [3.05, 3.63) is 53.7 Å². The van der Waals surface area contributed by atoms with Gasteiger partial charge in [-0.3, -0.25) is 9.20 Å². The van der Waals surface area contributed by atoms with Crippen molar-refractivity contribution < 1.29 is 4.79 Å². The number of hydrogen-bond donors (Lipinski definition) is 1. The molecule has 1 unspecified atom stereocenters. The van der Waals surface area contributed by atoms with Crippen molar-refractivity contribution in [2.75, 3.05) is 5.32 Å². The molecule has 2 aromatic heterocycles. The van der Waals surface area contributed by atoms with Gasteiger partial charge >= 0.3 is 0 Å². The van der Waals surface area contributed by atoms with E-state index in [1.54, 1.807) is 0 Å². The van der Waals surface area contributed by atoms with Crippen LogP contribution in [0.4, 0.5) is 5.82 Å². The summed E-state index contributed by atoms with van der Waals surface area (Å²) in [5.41, 5.74) is 5.03. The summed E-state index contributed by atoms with van der Waals surface area (Å²) in [6, 6.07) is 12.4. The Balaban J connectivity index is 2.02. The van der Waals surface area contributed by atoms with Crippen molar-refractivity contribution in [3.63, 3.8) is 0 Å². The van der Waals surface area contributed by atoms with Gasteiger partial charge in [-0.15, -0.1) is 0 Å². The SMILES string of the molecule is CCCCC(CC)C(=O)Nc1c(-c2ccc(C)cc2)nc2cc(C)ccn12. The predicted octanol–water partition coefficient (Wildman–Crippen LogP) is 5.77. The molecule has 27 heavy (non-hydrogen) atoms. The highest BCUT2D eigenvalue weighted by Gasteiger charge is 2.21. The average Bonchev–Trinajstić information content (AvgIpc) is 3.00. The maximum Gasteiger partial charge on any atom is 0.228 e. The van der Waals surface area contributed by atoms with Crippen LogP contribution in [0, 0.1) is 19.8 Å². The molecule has 0 radical (unpaired) electrons. The maximum atomic E-state index is 12.9. The predicted molar refractivity (Wildman–Crippen MR) is 112 cm³/mol. The molecule has 1 aromatic carbocycles. The standard InChI is InChI=1S/C23H29N3O/c1-5-7-8-18(6-2)23(27)25-22-21(19-11-9-16(3)10-12-19)24-20-15-17(4)13-14-26(20)22/h9-15,18H,5-8H2,1-4H3,(H,25,27). The Morgan fingerprint density at radius 3 is 2.52 bits per heavy atom. The Bertz CT molecular complexity index is 925. The fourth-order valence-electron chi connectivity index (χ4n) is 3.37. The molecule has 2 heterocycles. The molecule has 3 rings (SSSR count). The van der Waals surface area contributed by atoms with Crippen LogP contribution in [0.1, 0.15) is 50.7 Å². The molecule has 4 nitrogen and oxygen atoms in total. The van der Waals surface area contributed by atoms with Crippen molar-refractivity contribution >= 4 is 17.4 Å². The number of pyridine rings is 1. The minimum absolute atomic E-state index is 0.0341. The molecule has 1 atom stereocenters. The van der Waals surface area contributed by atoms with Gasteiger partial charge in [0.2, 0.25) is 5.91 Å². The van der Waals surface area contributed by atoms with Gasteiger partial charge in [0.1, 0.15) is 17.2 Å². The van der Waals surface area contributed by atoms with E-state index in [9.17, 15) is 4.79 Å². The van der Waals surface area contributed by atoms with Crippen LogP contribution in [0.15, 0.2) is 42.6 Å². The Morgan fingerprint density at radius 2 is 1.85 bits per heavy atom. The minimum atomic E-state index is 0.0341. The van der Waals surface area contributed by atoms with Crippen LogP contribution in [0.2, 0.25) is 0 Å². The van der Waals surface area contributed by atoms with E-state index in [1.807, 2.05) is 22.7 Å². The fourth-order valence-corrected chi connectivity index (χ4v) is 3.37. The van der Waals surface area contributed by atoms with Gasteiger partial charge in [0.15, 0.2) is 0 Å². The molecule has 0 fully saturated rings. The molecule has 0 aliphatic rings. The molecule has 1 amide bonds. The smallest absolute Gasteiger partial charge is 0.228 e. The molecule has 0 spiro atoms. The van der Waals surface area contributed by atoms with E-state index in [-0.39, 0.29) is 11.8 Å². The summed E-state index contributed by atoms with van der Waals surface area (Å²) in [4.78, 5) is 17.8. The first-order valence-electron chi connectivity index (χ1n) is 9.90. The first-order chi connectivity index (χ1) is 13.0. The number of amides is 1. The van der Waals surface area contributed by atoms with Crippen molar-refractivity contribution in [2.24, 2.45) is 5.92 Å². The Kier molecular flexibility index (Phi) is 5.94. The topological polar surface area (TPSA) is 46.4 Å². The van der Waals surface area contributed by atoms with Crippen LogP contribution in [-0.4, -0.2) is 15.3 Å². The summed E-state index contributed by atoms with van der Waals surface area (Å²) in [6.45, 7) is 8.36. The van der Waals surface area contributed by atoms with Crippen LogP contribution in [-0.2, 0) is 4.79 Å². The summed E-state index contributed by atoms with van der Waals surface area (Å²) in [5.74, 6) is 0.877. The van der Waals surface area contributed by atoms with Crippen molar-refractivity contribution in [3.8, 4) is 11.3 Å². The molecule has 0 bridgehead atoms. The number of rotatable bonds is 7. The number of aromatic nitrogens is 2. The number of nitrogens with zero attached hydrogens (tertiary/aromatic N) is 2. The number of hydrogen-bond acceptors (Lipinski definition) is 2. The van der Waals surface area contributed by atoms with E-state index >= 15 is 0 Å². The number of carbonyl (C=O) groups excluding carboxylic acids is 1. The molecule has 4 heteroatoms. The van der Waals surface area contributed by atoms with E-state index in [0.29, 0.717) is 0 Å². The van der Waals surface area contributed by atoms with Gasteiger partial charge in [0.25, 0.3) is 0 Å². The summed E-state index contributed by atoms with van der Waals surface area (Å²) in [5, 5.41) is 3.19. The summed E-state index contributed by atoms with van der Waals surface area (Å²) >= 11 is 0. The highest BCUT2D eigenvalue weighted by molar-refractivity contribution is 5.96. The Hall–Kier alpha value is -2.62. The number of aryl methyl sites for hydroxylation is 2. The second kappa shape index (κ2) is 8.38. The molecule has 142 valence electrons. The van der Waals surface area contributed by atoms with Gasteiger partial charge in [-0.1, -0.05) is 56.5 Å². The van der Waals surface area contributed by atoms with Gasteiger partial charge in [0, 0.05) is 17.7 Å². The third-order valence-electron chi connectivity index (χ3n) is 5.12. The second-order valence-corrected chi connectivity index (χ2v) is 7.34. The molecule has 0 aliphatic carbocycles. The molecule has 3 aromatic rings. The zero-order chi connectivity index (χ0) is 19.4. The highest BCUT2D eigenvalue weighted by Crippen LogP contribution is 2.30. The molecular formula is C23H29N3O. The number of nitrogens with one attached hydrogen (secondary N) is 1. The number of benzene rings is 1. The van der Waals surface area contributed by atoms with Crippen LogP contribution < -0.4 is 5.32 Å². The first-order valence-corrected chi connectivity index (χ1v) is 9.90. The average molecular weight is 364 g/mol. The summed E-state index contributed by atoms with van der Waals surface area (Å²) in [6.07, 6.45) is 5.93. The molecule has 1 N–H and O–H groups in total. The highest BCUT2D eigenvalue weighted by atomic mass is 16.2. The Labute approximate surface area is 161 Å². The quantitative estimate of drug-likeness (QED) is 0.579. The van der Waals surface area contributed by atoms with E-state index < -0.39 is 0 Å². The number of anilines is 1. The van der Waals surface area contributed by atoms with Gasteiger partial charge in [-0.05, 0) is 44.4 Å². The lowest BCUT2D eigenvalue weighted by atomic mass is 9.98. The second-order valence-electron chi connectivity index (χ2n) is 7.34. The molecule has 0 aliphatic heterocycles. The van der Waals surface area contributed by atoms with Crippen LogP contribution >= 0.6 is 0 Å². The van der Waals surface area contributed by atoms with Crippen LogP contribution in [0.3, 0.4) is 0 Å². The first kappa shape index (κ1) is 19.2. The summed E-state index contributed by atoms with van der Waals surface area (Å²) < 4.78 is 1.98. The maximum absolute atomic E-state index is 12.9. The van der Waals surface area contributed by atoms with Crippen molar-refractivity contribution in [1.29, 1.82) is 0 Å². The van der Waals surface area contributed by atoms with Crippen molar-refractivity contribution in [2.45, 2.75) is 53.4 Å². The zero-order valence-corrected chi connectivity index (χ0v) is 16.7. The summed E-state index contributed by atoms with van der Waals surface area (Å²) in [7, 11) is 0. The lowest BCUT2D eigenvalue weighted by Gasteiger charge is -2.15. The molecule has 0 saturated carbocycles. The van der Waals surface area contributed by atoms with Gasteiger partial charge in [0.05, 0.1) is 0 Å². The largest absolute Gasteiger partial charge is 0.310 e. The van der Waals surface area contributed by atoms with Crippen LogP contribution in [0.5, 0.6) is 0 Å². The van der Waals surface area contributed by atoms with E-state index in [4.69, 9.17) is 4.98 Å². The van der Waals surface area contributed by atoms with Crippen molar-refractivity contribution in [1.82, 2.24) is 9.38 Å². The third kappa shape index (κ3) is 4.21. The van der Waals surface area contributed by atoms with Crippen LogP contribution in [0.25, 0.3) is 16.9 Å². The number of carbonyl (C=O) groups is 1. The van der Waals surface area contributed by atoms with Gasteiger partial charge in [-0.25, -0.2) is 4.98 Å². The molecular weight excluding hydrogens is 334 g/mol. The van der Waals surface area contributed by atoms with Gasteiger partial charge in [-0.2, -0.15) is 0 Å². The lowest BCUT2D eigenvalue weighted by Crippen LogP contribution is -2.23. The van der Waals surface area contributed by atoms with E-state index in [2.05, 4.69) is 57.3 Å². The molecule has 0 saturated heterocycles. The monoisotopic (exact) mass is 363 g/mol.